The lowest BCUT2D eigenvalue weighted by Gasteiger charge is -2.31. The van der Waals surface area contributed by atoms with Crippen molar-refractivity contribution in [1.82, 2.24) is 16.0 Å². The van der Waals surface area contributed by atoms with E-state index in [0.29, 0.717) is 45.2 Å². The molecule has 0 aliphatic heterocycles. The zero-order valence-electron chi connectivity index (χ0n) is 30.6. The smallest absolute Gasteiger partial charge is 0.356 e. The Bertz CT molecular complexity index is 1860. The van der Waals surface area contributed by atoms with Crippen LogP contribution in [0.1, 0.15) is 87.0 Å². The van der Waals surface area contributed by atoms with Crippen LogP contribution in [0.2, 0.25) is 0 Å². The quantitative estimate of drug-likeness (QED) is 0.0839. The summed E-state index contributed by atoms with van der Waals surface area (Å²) in [7, 11) is 0. The van der Waals surface area contributed by atoms with Crippen LogP contribution in [0.25, 0.3) is 22.3 Å². The fourth-order valence-corrected chi connectivity index (χ4v) is 8.25. The predicted molar refractivity (Wildman–Crippen MR) is 202 cm³/mol. The third kappa shape index (κ3) is 8.70. The molecule has 2 aliphatic carbocycles. The van der Waals surface area contributed by atoms with Gasteiger partial charge in [-0.05, 0) is 71.0 Å². The summed E-state index contributed by atoms with van der Waals surface area (Å²) in [4.78, 5) is 27.0. The topological polar surface area (TPSA) is 70.2 Å². The monoisotopic (exact) mass is 745 g/mol. The molecule has 4 aromatic rings. The average molecular weight is 746 g/mol. The molecular weight excluding hydrogens is 697 g/mol. The highest BCUT2D eigenvalue weighted by molar-refractivity contribution is 6.00. The third-order valence-electron chi connectivity index (χ3n) is 11.1. The summed E-state index contributed by atoms with van der Waals surface area (Å²) in [5, 5.41) is 8.92. The van der Waals surface area contributed by atoms with E-state index in [0.717, 1.165) is 58.2 Å². The highest BCUT2D eigenvalue weighted by Crippen LogP contribution is 2.51. The second-order valence-corrected chi connectivity index (χ2v) is 14.6. The predicted octanol–water partition coefficient (Wildman–Crippen LogP) is 9.83. The van der Waals surface area contributed by atoms with Crippen LogP contribution in [0.5, 0.6) is 0 Å². The number of benzene rings is 4. The molecule has 4 aromatic carbocycles. The standard InChI is InChI=1S/C44H48F5N3O2/c1-2-43(45,46)33-23-21-30(22-24-33)35-16-5-4-13-32(35)28-51-34-15-12-14-31(27-34)40(53)50-26-11-3-10-25-42(41(54)52-29-44(47,48)49)38-19-8-6-17-36(38)37-18-7-9-20-39(37)42/h4-9,13,16-24,31,34,51H,2-3,10-12,14-15,25-29H2,1H3,(H,50,53)(H,52,54). The molecule has 0 bridgehead atoms. The molecule has 0 heterocycles. The van der Waals surface area contributed by atoms with E-state index >= 15 is 0 Å². The summed E-state index contributed by atoms with van der Waals surface area (Å²) >= 11 is 0. The minimum atomic E-state index is -4.53. The van der Waals surface area contributed by atoms with Crippen molar-refractivity contribution in [3.05, 3.63) is 119 Å². The molecule has 0 saturated heterocycles. The number of nitrogens with one attached hydrogen (secondary N) is 3. The van der Waals surface area contributed by atoms with Gasteiger partial charge in [0, 0.05) is 37.0 Å². The third-order valence-corrected chi connectivity index (χ3v) is 11.1. The van der Waals surface area contributed by atoms with E-state index in [1.165, 1.54) is 19.1 Å². The van der Waals surface area contributed by atoms with Crippen molar-refractivity contribution in [3.63, 3.8) is 0 Å². The first kappa shape index (κ1) is 39.1. The summed E-state index contributed by atoms with van der Waals surface area (Å²) in [6, 6.07) is 29.5. The lowest BCUT2D eigenvalue weighted by Crippen LogP contribution is -2.47. The average Bonchev–Trinajstić information content (AvgIpc) is 3.47. The Hall–Kier alpha value is -4.57. The van der Waals surface area contributed by atoms with Crippen LogP contribution >= 0.6 is 0 Å². The molecule has 286 valence electrons. The number of hydrogen-bond donors (Lipinski definition) is 3. The van der Waals surface area contributed by atoms with Crippen LogP contribution in [0.15, 0.2) is 97.1 Å². The summed E-state index contributed by atoms with van der Waals surface area (Å²) in [6.07, 6.45) is 0.924. The molecule has 2 amide bonds. The molecule has 2 unspecified atom stereocenters. The highest BCUT2D eigenvalue weighted by atomic mass is 19.4. The first-order valence-electron chi connectivity index (χ1n) is 19.0. The molecule has 2 aliphatic rings. The van der Waals surface area contributed by atoms with E-state index in [2.05, 4.69) is 16.0 Å². The zero-order chi connectivity index (χ0) is 38.3. The van der Waals surface area contributed by atoms with Gasteiger partial charge in [-0.3, -0.25) is 9.59 Å². The van der Waals surface area contributed by atoms with E-state index in [1.807, 2.05) is 72.8 Å². The Morgan fingerprint density at radius 1 is 0.741 bits per heavy atom. The van der Waals surface area contributed by atoms with Crippen LogP contribution in [-0.4, -0.2) is 37.1 Å². The van der Waals surface area contributed by atoms with Crippen LogP contribution in [0, 0.1) is 5.92 Å². The van der Waals surface area contributed by atoms with Crippen LogP contribution in [0.4, 0.5) is 22.0 Å². The molecule has 10 heteroatoms. The van der Waals surface area contributed by atoms with E-state index in [4.69, 9.17) is 0 Å². The van der Waals surface area contributed by atoms with Gasteiger partial charge >= 0.3 is 6.18 Å². The van der Waals surface area contributed by atoms with E-state index in [1.54, 1.807) is 12.1 Å². The minimum Gasteiger partial charge on any atom is -0.356 e. The SMILES string of the molecule is CCC(F)(F)c1ccc(-c2ccccc2CNC2CCCC(C(=O)NCCCCCC3(C(=O)NCC(F)(F)F)c4ccccc4-c4ccccc43)C2)cc1. The molecule has 54 heavy (non-hydrogen) atoms. The number of alkyl halides is 5. The van der Waals surface area contributed by atoms with Crippen molar-refractivity contribution >= 4 is 11.8 Å². The van der Waals surface area contributed by atoms with Gasteiger partial charge in [-0.1, -0.05) is 123 Å². The van der Waals surface area contributed by atoms with Crippen molar-refractivity contribution in [2.45, 2.75) is 94.8 Å². The first-order chi connectivity index (χ1) is 25.9. The first-order valence-corrected chi connectivity index (χ1v) is 19.0. The van der Waals surface area contributed by atoms with Gasteiger partial charge in [0.25, 0.3) is 5.92 Å². The highest BCUT2D eigenvalue weighted by Gasteiger charge is 2.49. The molecule has 1 saturated carbocycles. The molecule has 2 atom stereocenters. The molecule has 3 N–H and O–H groups in total. The van der Waals surface area contributed by atoms with Crippen LogP contribution in [0.3, 0.4) is 0 Å². The maximum absolute atomic E-state index is 14.2. The number of amides is 2. The van der Waals surface area contributed by atoms with Crippen molar-refractivity contribution < 1.29 is 31.5 Å². The van der Waals surface area contributed by atoms with Gasteiger partial charge < -0.3 is 16.0 Å². The largest absolute Gasteiger partial charge is 0.405 e. The van der Waals surface area contributed by atoms with Crippen LogP contribution < -0.4 is 16.0 Å². The van der Waals surface area contributed by atoms with E-state index in [9.17, 15) is 31.5 Å². The Morgan fingerprint density at radius 2 is 1.37 bits per heavy atom. The molecule has 1 fully saturated rings. The molecular formula is C44H48F5N3O2. The van der Waals surface area contributed by atoms with Crippen molar-refractivity contribution in [3.8, 4) is 22.3 Å². The van der Waals surface area contributed by atoms with Gasteiger partial charge in [-0.25, -0.2) is 8.78 Å². The Kier molecular flexibility index (Phi) is 12.2. The lowest BCUT2D eigenvalue weighted by atomic mass is 9.73. The Morgan fingerprint density at radius 3 is 2.02 bits per heavy atom. The fraction of sp³-hybridized carbons (Fsp3) is 0.409. The second-order valence-electron chi connectivity index (χ2n) is 14.6. The number of fused-ring (bicyclic) bond motifs is 3. The van der Waals surface area contributed by atoms with Gasteiger partial charge in [0.2, 0.25) is 11.8 Å². The minimum absolute atomic E-state index is 0.0121. The zero-order valence-corrected chi connectivity index (χ0v) is 30.6. The number of carbonyl (C=O) groups excluding carboxylic acids is 2. The van der Waals surface area contributed by atoms with Gasteiger partial charge in [-0.15, -0.1) is 0 Å². The second kappa shape index (κ2) is 16.8. The number of hydrogen-bond acceptors (Lipinski definition) is 3. The normalized spacial score (nSPS) is 17.7. The Balaban J connectivity index is 1.00. The molecule has 5 nitrogen and oxygen atoms in total. The summed E-state index contributed by atoms with van der Waals surface area (Å²) in [5.74, 6) is -3.60. The molecule has 6 rings (SSSR count). The molecule has 0 spiro atoms. The van der Waals surface area contributed by atoms with Gasteiger partial charge in [0.05, 0.1) is 0 Å². The van der Waals surface area contributed by atoms with E-state index in [-0.39, 0.29) is 29.9 Å². The van der Waals surface area contributed by atoms with Crippen molar-refractivity contribution in [2.75, 3.05) is 13.1 Å². The number of carbonyl (C=O) groups is 2. The molecule has 0 aromatic heterocycles. The van der Waals surface area contributed by atoms with Gasteiger partial charge in [0.1, 0.15) is 12.0 Å². The lowest BCUT2D eigenvalue weighted by molar-refractivity contribution is -0.141. The summed E-state index contributed by atoms with van der Waals surface area (Å²) < 4.78 is 67.9. The number of rotatable bonds is 15. The summed E-state index contributed by atoms with van der Waals surface area (Å²) in [6.45, 7) is 1.15. The Labute approximate surface area is 314 Å². The number of unbranched alkanes of at least 4 members (excludes halogenated alkanes) is 2. The van der Waals surface area contributed by atoms with Crippen LogP contribution in [-0.2, 0) is 27.5 Å². The fourth-order valence-electron chi connectivity index (χ4n) is 8.25. The number of halogens is 5. The molecule has 0 radical (unpaired) electrons. The summed E-state index contributed by atoms with van der Waals surface area (Å²) in [5.41, 5.74) is 4.85. The van der Waals surface area contributed by atoms with Gasteiger partial charge in [0.15, 0.2) is 0 Å². The van der Waals surface area contributed by atoms with E-state index < -0.39 is 30.0 Å². The van der Waals surface area contributed by atoms with Crippen molar-refractivity contribution in [2.24, 2.45) is 5.92 Å². The maximum atomic E-state index is 14.2. The maximum Gasteiger partial charge on any atom is 0.405 e. The van der Waals surface area contributed by atoms with Crippen molar-refractivity contribution in [1.29, 1.82) is 0 Å². The van der Waals surface area contributed by atoms with Gasteiger partial charge in [-0.2, -0.15) is 13.2 Å².